The summed E-state index contributed by atoms with van der Waals surface area (Å²) in [5, 5.41) is 3.02. The molecule has 1 aromatic carbocycles. The van der Waals surface area contributed by atoms with Gasteiger partial charge >= 0.3 is 0 Å². The number of nitrogens with one attached hydrogen (secondary N) is 1. The van der Waals surface area contributed by atoms with Gasteiger partial charge in [0.05, 0.1) is 11.7 Å². The second-order valence-electron chi connectivity index (χ2n) is 6.67. The number of hydrogen-bond acceptors (Lipinski definition) is 5. The molecule has 0 aliphatic carbocycles. The number of carbonyl (C=O) groups is 2. The normalized spacial score (nSPS) is 15.6. The number of rotatable bonds is 6. The van der Waals surface area contributed by atoms with Crippen LogP contribution in [0.25, 0.3) is 0 Å². The number of pyridine rings is 1. The number of benzene rings is 1. The lowest BCUT2D eigenvalue weighted by atomic mass is 10.2. The number of halogens is 2. The van der Waals surface area contributed by atoms with E-state index in [0.29, 0.717) is 37.6 Å². The Bertz CT molecular complexity index is 857. The summed E-state index contributed by atoms with van der Waals surface area (Å²) >= 11 is 5.98. The molecule has 2 amide bonds. The van der Waals surface area contributed by atoms with Gasteiger partial charge in [0.15, 0.2) is 11.8 Å². The number of nitrogens with zero attached hydrogens (tertiary/aromatic N) is 3. The van der Waals surface area contributed by atoms with Crippen LogP contribution in [0.15, 0.2) is 42.6 Å². The summed E-state index contributed by atoms with van der Waals surface area (Å²) in [6, 6.07) is 8.54. The summed E-state index contributed by atoms with van der Waals surface area (Å²) < 4.78 is 18.3. The van der Waals surface area contributed by atoms with Crippen molar-refractivity contribution in [3.05, 3.63) is 53.6 Å². The molecule has 1 aliphatic rings. The third-order valence-electron chi connectivity index (χ3n) is 4.79. The molecule has 1 N–H and O–H groups in total. The molecule has 1 fully saturated rings. The third-order valence-corrected chi connectivity index (χ3v) is 5.09. The highest BCUT2D eigenvalue weighted by Gasteiger charge is 2.28. The van der Waals surface area contributed by atoms with Crippen LogP contribution in [0.3, 0.4) is 0 Å². The van der Waals surface area contributed by atoms with E-state index in [-0.39, 0.29) is 35.4 Å². The van der Waals surface area contributed by atoms with Crippen LogP contribution in [0.2, 0.25) is 5.15 Å². The molecule has 1 saturated heterocycles. The second kappa shape index (κ2) is 9.67. The highest BCUT2D eigenvalue weighted by Crippen LogP contribution is 2.18. The molecule has 0 saturated carbocycles. The molecule has 2 aromatic rings. The van der Waals surface area contributed by atoms with Crippen molar-refractivity contribution in [3.8, 4) is 5.75 Å². The van der Waals surface area contributed by atoms with Gasteiger partial charge in [-0.15, -0.1) is 0 Å². The van der Waals surface area contributed by atoms with Crippen LogP contribution < -0.4 is 10.1 Å². The lowest BCUT2D eigenvalue weighted by Gasteiger charge is -2.37. The maximum atomic E-state index is 12.9. The first kappa shape index (κ1) is 21.0. The summed E-state index contributed by atoms with van der Waals surface area (Å²) in [6.45, 7) is 3.83. The minimum absolute atomic E-state index is 0.110. The molecule has 154 valence electrons. The van der Waals surface area contributed by atoms with E-state index in [1.165, 1.54) is 24.3 Å². The van der Waals surface area contributed by atoms with Crippen LogP contribution in [0.4, 0.5) is 10.1 Å². The van der Waals surface area contributed by atoms with Crippen LogP contribution >= 0.6 is 11.6 Å². The van der Waals surface area contributed by atoms with Gasteiger partial charge in [-0.2, -0.15) is 0 Å². The summed E-state index contributed by atoms with van der Waals surface area (Å²) in [6.07, 6.45) is 1.55. The molecule has 0 spiro atoms. The van der Waals surface area contributed by atoms with Crippen molar-refractivity contribution in [2.24, 2.45) is 0 Å². The first-order valence-electron chi connectivity index (χ1n) is 9.25. The fourth-order valence-electron chi connectivity index (χ4n) is 3.01. The molecule has 29 heavy (non-hydrogen) atoms. The van der Waals surface area contributed by atoms with Crippen molar-refractivity contribution in [3.63, 3.8) is 0 Å². The minimum Gasteiger partial charge on any atom is -0.484 e. The Labute approximate surface area is 173 Å². The zero-order valence-electron chi connectivity index (χ0n) is 16.0. The Morgan fingerprint density at radius 2 is 1.90 bits per heavy atom. The quantitative estimate of drug-likeness (QED) is 0.726. The van der Waals surface area contributed by atoms with E-state index in [1.54, 1.807) is 23.2 Å². The van der Waals surface area contributed by atoms with E-state index in [1.807, 2.05) is 11.8 Å². The first-order valence-corrected chi connectivity index (χ1v) is 9.63. The topological polar surface area (TPSA) is 74.8 Å². The maximum Gasteiger partial charge on any atom is 0.260 e. The SMILES string of the molecule is CC(C(=O)Nc1cccnc1Cl)N1CCN(C(=O)COc2ccc(F)cc2)CC1. The first-order chi connectivity index (χ1) is 13.9. The molecule has 1 aliphatic heterocycles. The summed E-state index contributed by atoms with van der Waals surface area (Å²) in [7, 11) is 0. The second-order valence-corrected chi connectivity index (χ2v) is 7.02. The van der Waals surface area contributed by atoms with Gasteiger partial charge in [-0.05, 0) is 43.3 Å². The van der Waals surface area contributed by atoms with Gasteiger partial charge in [0.2, 0.25) is 5.91 Å². The molecule has 1 aromatic heterocycles. The zero-order valence-corrected chi connectivity index (χ0v) is 16.7. The Morgan fingerprint density at radius 3 is 2.55 bits per heavy atom. The number of piperazine rings is 1. The monoisotopic (exact) mass is 420 g/mol. The number of aromatic nitrogens is 1. The zero-order chi connectivity index (χ0) is 20.8. The summed E-state index contributed by atoms with van der Waals surface area (Å²) in [5.41, 5.74) is 0.470. The smallest absolute Gasteiger partial charge is 0.260 e. The van der Waals surface area contributed by atoms with Gasteiger partial charge in [-0.1, -0.05) is 11.6 Å². The molecule has 2 heterocycles. The van der Waals surface area contributed by atoms with Crippen molar-refractivity contribution >= 4 is 29.1 Å². The molecular formula is C20H22ClFN4O3. The van der Waals surface area contributed by atoms with Crippen molar-refractivity contribution in [1.82, 2.24) is 14.8 Å². The molecule has 3 rings (SSSR count). The lowest BCUT2D eigenvalue weighted by Crippen LogP contribution is -2.54. The Hall–Kier alpha value is -2.71. The number of ether oxygens (including phenoxy) is 1. The minimum atomic E-state index is -0.376. The van der Waals surface area contributed by atoms with E-state index in [2.05, 4.69) is 10.3 Å². The molecule has 9 heteroatoms. The standard InChI is InChI=1S/C20H22ClFN4O3/c1-14(20(28)24-17-3-2-8-23-19(17)21)25-9-11-26(12-10-25)18(27)13-29-16-6-4-15(22)5-7-16/h2-8,14H,9-13H2,1H3,(H,24,28). The van der Waals surface area contributed by atoms with Gasteiger partial charge in [0.1, 0.15) is 11.6 Å². The van der Waals surface area contributed by atoms with Crippen molar-refractivity contribution in [1.29, 1.82) is 0 Å². The van der Waals surface area contributed by atoms with E-state index >= 15 is 0 Å². The van der Waals surface area contributed by atoms with E-state index in [0.717, 1.165) is 0 Å². The highest BCUT2D eigenvalue weighted by atomic mass is 35.5. The maximum absolute atomic E-state index is 12.9. The Morgan fingerprint density at radius 1 is 1.21 bits per heavy atom. The van der Waals surface area contributed by atoms with Crippen LogP contribution in [0.5, 0.6) is 5.75 Å². The largest absolute Gasteiger partial charge is 0.484 e. The Balaban J connectivity index is 1.45. The summed E-state index contributed by atoms with van der Waals surface area (Å²) in [4.78, 5) is 32.5. The number of amides is 2. The fraction of sp³-hybridized carbons (Fsp3) is 0.350. The van der Waals surface area contributed by atoms with E-state index in [9.17, 15) is 14.0 Å². The molecule has 7 nitrogen and oxygen atoms in total. The van der Waals surface area contributed by atoms with Crippen molar-refractivity contribution < 1.29 is 18.7 Å². The highest BCUT2D eigenvalue weighted by molar-refractivity contribution is 6.32. The van der Waals surface area contributed by atoms with Gasteiger partial charge in [-0.3, -0.25) is 14.5 Å². The average molecular weight is 421 g/mol. The summed E-state index contributed by atoms with van der Waals surface area (Å²) in [5.74, 6) is -0.242. The predicted molar refractivity (Wildman–Crippen MR) is 107 cm³/mol. The van der Waals surface area contributed by atoms with Crippen LogP contribution in [-0.2, 0) is 9.59 Å². The van der Waals surface area contributed by atoms with E-state index in [4.69, 9.17) is 16.3 Å². The molecule has 1 atom stereocenters. The van der Waals surface area contributed by atoms with Crippen LogP contribution in [0.1, 0.15) is 6.92 Å². The van der Waals surface area contributed by atoms with E-state index < -0.39 is 0 Å². The van der Waals surface area contributed by atoms with Gasteiger partial charge in [0.25, 0.3) is 5.91 Å². The fourth-order valence-corrected chi connectivity index (χ4v) is 3.17. The third kappa shape index (κ3) is 5.65. The molecule has 0 radical (unpaired) electrons. The Kier molecular flexibility index (Phi) is 7.00. The van der Waals surface area contributed by atoms with Gasteiger partial charge < -0.3 is 15.0 Å². The van der Waals surface area contributed by atoms with Crippen molar-refractivity contribution in [2.75, 3.05) is 38.1 Å². The number of hydrogen-bond donors (Lipinski definition) is 1. The van der Waals surface area contributed by atoms with Crippen LogP contribution in [-0.4, -0.2) is 65.4 Å². The number of anilines is 1. The van der Waals surface area contributed by atoms with Crippen molar-refractivity contribution in [2.45, 2.75) is 13.0 Å². The van der Waals surface area contributed by atoms with Gasteiger partial charge in [0, 0.05) is 32.4 Å². The number of carbonyl (C=O) groups excluding carboxylic acids is 2. The lowest BCUT2D eigenvalue weighted by molar-refractivity contribution is -0.135. The molecule has 1 unspecified atom stereocenters. The average Bonchev–Trinajstić information content (AvgIpc) is 2.74. The van der Waals surface area contributed by atoms with Crippen LogP contribution in [0, 0.1) is 5.82 Å². The molecule has 0 bridgehead atoms. The predicted octanol–water partition coefficient (Wildman–Crippen LogP) is 2.42. The molecular weight excluding hydrogens is 399 g/mol. The van der Waals surface area contributed by atoms with Gasteiger partial charge in [-0.25, -0.2) is 9.37 Å².